The fraction of sp³-hybridized carbons (Fsp3) is 0.217. The number of hydrogen-bond acceptors (Lipinski definition) is 2. The van der Waals surface area contributed by atoms with Crippen LogP contribution in [0, 0.1) is 13.8 Å². The van der Waals surface area contributed by atoms with E-state index in [1.54, 1.807) is 0 Å². The summed E-state index contributed by atoms with van der Waals surface area (Å²) in [6.07, 6.45) is 0. The first-order valence-corrected chi connectivity index (χ1v) is 14.7. The van der Waals surface area contributed by atoms with Gasteiger partial charge in [0, 0.05) is 29.4 Å². The molecule has 0 bridgehead atoms. The Morgan fingerprint density at radius 1 is 0.897 bits per heavy atom. The number of rotatable bonds is 6. The molecule has 1 N–H and O–H groups in total. The Morgan fingerprint density at radius 3 is 2.17 bits per heavy atom. The number of nitrogens with zero attached hydrogens (tertiary/aromatic N) is 1. The van der Waals surface area contributed by atoms with Crippen LogP contribution in [0.1, 0.15) is 23.6 Å². The van der Waals surface area contributed by atoms with Gasteiger partial charge in [0.25, 0.3) is 0 Å². The van der Waals surface area contributed by atoms with Gasteiger partial charge in [0.05, 0.1) is 0 Å². The van der Waals surface area contributed by atoms with Gasteiger partial charge >= 0.3 is 35.6 Å². The SMILES string of the molecule is CCN(Cc1ccccc1)c1cccc(C)c1Pc1cccc(C)c1O.[Cl][Ti][Cl]. The van der Waals surface area contributed by atoms with Crippen molar-refractivity contribution in [3.8, 4) is 5.75 Å². The van der Waals surface area contributed by atoms with E-state index in [1.807, 2.05) is 25.1 Å². The Morgan fingerprint density at radius 2 is 1.52 bits per heavy atom. The van der Waals surface area contributed by atoms with Crippen LogP contribution in [-0.4, -0.2) is 11.7 Å². The number of benzene rings is 3. The van der Waals surface area contributed by atoms with Crippen LogP contribution < -0.4 is 15.5 Å². The first kappa shape index (κ1) is 24.3. The van der Waals surface area contributed by atoms with E-state index in [1.165, 1.54) is 22.1 Å². The van der Waals surface area contributed by atoms with Gasteiger partial charge in [-0.15, -0.1) is 0 Å². The van der Waals surface area contributed by atoms with Crippen LogP contribution >= 0.6 is 27.2 Å². The second-order valence-corrected chi connectivity index (χ2v) is 10.5. The molecular formula is C23H26Cl2NOPTi. The first-order chi connectivity index (χ1) is 14.0. The molecule has 0 saturated heterocycles. The fourth-order valence-corrected chi connectivity index (χ4v) is 4.56. The number of anilines is 1. The van der Waals surface area contributed by atoms with E-state index in [-0.39, 0.29) is 0 Å². The summed E-state index contributed by atoms with van der Waals surface area (Å²) < 4.78 is 0. The van der Waals surface area contributed by atoms with E-state index in [0.717, 1.165) is 24.0 Å². The van der Waals surface area contributed by atoms with Crippen molar-refractivity contribution in [2.45, 2.75) is 27.3 Å². The third-order valence-corrected chi connectivity index (χ3v) is 6.26. The standard InChI is InChI=1S/C23H26NOP.2ClH.Ti/c1-4-24(16-19-12-6-5-7-13-19)20-14-8-11-18(3)23(20)26-21-15-9-10-17(2)22(21)25;;;/h5-15,25-26H,4,16H2,1-3H3;2*1H;/q;;;+2/p-2. The third kappa shape index (κ3) is 7.02. The van der Waals surface area contributed by atoms with Crippen LogP contribution in [0.2, 0.25) is 0 Å². The molecule has 6 heteroatoms. The second-order valence-electron chi connectivity index (χ2n) is 6.64. The number of phenols is 1. The molecule has 0 spiro atoms. The van der Waals surface area contributed by atoms with Crippen molar-refractivity contribution in [1.29, 1.82) is 0 Å². The molecule has 0 aromatic heterocycles. The molecule has 3 aromatic rings. The van der Waals surface area contributed by atoms with Crippen LogP contribution in [0.5, 0.6) is 5.75 Å². The van der Waals surface area contributed by atoms with E-state index in [0.29, 0.717) is 14.3 Å². The average Bonchev–Trinajstić information content (AvgIpc) is 2.72. The summed E-state index contributed by atoms with van der Waals surface area (Å²) in [5.74, 6) is 0.422. The van der Waals surface area contributed by atoms with Crippen LogP contribution in [0.4, 0.5) is 5.69 Å². The van der Waals surface area contributed by atoms with Crippen molar-refractivity contribution < 1.29 is 22.1 Å². The van der Waals surface area contributed by atoms with Crippen molar-refractivity contribution in [2.75, 3.05) is 11.4 Å². The number of phenolic OH excluding ortho intramolecular Hbond substituents is 1. The van der Waals surface area contributed by atoms with Gasteiger partial charge in [-0.05, 0) is 43.5 Å². The maximum absolute atomic E-state index is 10.5. The summed E-state index contributed by atoms with van der Waals surface area (Å²) in [7, 11) is 10.2. The van der Waals surface area contributed by atoms with Crippen LogP contribution in [0.3, 0.4) is 0 Å². The summed E-state index contributed by atoms with van der Waals surface area (Å²) in [4.78, 5) is 2.41. The Bertz CT molecular complexity index is 909. The minimum absolute atomic E-state index is 0.422. The van der Waals surface area contributed by atoms with Gasteiger partial charge < -0.3 is 10.0 Å². The van der Waals surface area contributed by atoms with E-state index < -0.39 is 17.0 Å². The number of hydrogen-bond donors (Lipinski definition) is 1. The van der Waals surface area contributed by atoms with Gasteiger partial charge in [0.2, 0.25) is 0 Å². The van der Waals surface area contributed by atoms with Crippen LogP contribution in [-0.2, 0) is 23.6 Å². The predicted octanol–water partition coefficient (Wildman–Crippen LogP) is 6.04. The summed E-state index contributed by atoms with van der Waals surface area (Å²) >= 11 is -0.556. The van der Waals surface area contributed by atoms with Crippen molar-refractivity contribution in [1.82, 2.24) is 0 Å². The Kier molecular flexibility index (Phi) is 10.6. The van der Waals surface area contributed by atoms with E-state index in [4.69, 9.17) is 18.6 Å². The molecule has 1 atom stereocenters. The zero-order valence-corrected chi connectivity index (χ0v) is 21.0. The molecule has 0 aliphatic rings. The predicted molar refractivity (Wildman–Crippen MR) is 126 cm³/mol. The second kappa shape index (κ2) is 12.6. The Labute approximate surface area is 192 Å². The van der Waals surface area contributed by atoms with Gasteiger partial charge in [-0.2, -0.15) is 0 Å². The van der Waals surface area contributed by atoms with Crippen molar-refractivity contribution in [3.63, 3.8) is 0 Å². The topological polar surface area (TPSA) is 23.5 Å². The number of para-hydroxylation sites is 1. The van der Waals surface area contributed by atoms with E-state index in [2.05, 4.69) is 67.3 Å². The zero-order valence-electron chi connectivity index (χ0n) is 16.9. The summed E-state index contributed by atoms with van der Waals surface area (Å²) in [6.45, 7) is 8.14. The van der Waals surface area contributed by atoms with Gasteiger partial charge in [0.1, 0.15) is 5.75 Å². The molecular weight excluding hydrogens is 456 g/mol. The molecule has 0 saturated carbocycles. The van der Waals surface area contributed by atoms with Crippen molar-refractivity contribution in [3.05, 3.63) is 83.4 Å². The molecule has 0 radical (unpaired) electrons. The summed E-state index contributed by atoms with van der Waals surface area (Å²) in [5.41, 5.74) is 4.77. The third-order valence-electron chi connectivity index (χ3n) is 4.69. The molecule has 29 heavy (non-hydrogen) atoms. The van der Waals surface area contributed by atoms with E-state index in [9.17, 15) is 5.11 Å². The Hall–Kier alpha value is -1.02. The maximum atomic E-state index is 10.5. The monoisotopic (exact) mass is 481 g/mol. The Balaban J connectivity index is 0.000000941. The van der Waals surface area contributed by atoms with Crippen LogP contribution in [0.15, 0.2) is 66.7 Å². The number of aromatic hydroxyl groups is 1. The molecule has 0 aliphatic heterocycles. The average molecular weight is 482 g/mol. The number of halogens is 2. The molecule has 0 heterocycles. The quantitative estimate of drug-likeness (QED) is 0.342. The fourth-order valence-electron chi connectivity index (χ4n) is 3.14. The summed E-state index contributed by atoms with van der Waals surface area (Å²) in [6, 6.07) is 23.1. The molecule has 1 unspecified atom stereocenters. The molecule has 3 rings (SSSR count). The van der Waals surface area contributed by atoms with Gasteiger partial charge in [-0.25, -0.2) is 0 Å². The van der Waals surface area contributed by atoms with Gasteiger partial charge in [-0.1, -0.05) is 69.2 Å². The molecule has 0 amide bonds. The van der Waals surface area contributed by atoms with Crippen LogP contribution in [0.25, 0.3) is 0 Å². The minimum atomic E-state index is -0.556. The summed E-state index contributed by atoms with van der Waals surface area (Å²) in [5, 5.41) is 12.8. The molecule has 2 nitrogen and oxygen atoms in total. The molecule has 152 valence electrons. The molecule has 0 fully saturated rings. The first-order valence-electron chi connectivity index (χ1n) is 9.42. The normalized spacial score (nSPS) is 10.5. The molecule has 3 aromatic carbocycles. The molecule has 0 aliphatic carbocycles. The van der Waals surface area contributed by atoms with Crippen molar-refractivity contribution in [2.24, 2.45) is 0 Å². The van der Waals surface area contributed by atoms with E-state index >= 15 is 0 Å². The van der Waals surface area contributed by atoms with Crippen molar-refractivity contribution >= 4 is 43.5 Å². The number of aryl methyl sites for hydroxylation is 2. The van der Waals surface area contributed by atoms with Gasteiger partial charge in [-0.3, -0.25) is 0 Å². The van der Waals surface area contributed by atoms with Gasteiger partial charge in [0.15, 0.2) is 0 Å². The zero-order chi connectivity index (χ0) is 21.2.